The van der Waals surface area contributed by atoms with Gasteiger partial charge in [-0.1, -0.05) is 54.1 Å². The van der Waals surface area contributed by atoms with Crippen LogP contribution in [-0.4, -0.2) is 30.9 Å². The van der Waals surface area contributed by atoms with Gasteiger partial charge in [0.15, 0.2) is 0 Å². The van der Waals surface area contributed by atoms with Crippen molar-refractivity contribution in [3.05, 3.63) is 101 Å². The van der Waals surface area contributed by atoms with E-state index in [4.69, 9.17) is 0 Å². The summed E-state index contributed by atoms with van der Waals surface area (Å²) < 4.78 is 0. The van der Waals surface area contributed by atoms with Gasteiger partial charge in [-0.25, -0.2) is 0 Å². The van der Waals surface area contributed by atoms with Crippen LogP contribution in [0.2, 0.25) is 0 Å². The minimum atomic E-state index is -0.720. The summed E-state index contributed by atoms with van der Waals surface area (Å²) in [4.78, 5) is 29.9. The summed E-state index contributed by atoms with van der Waals surface area (Å²) >= 11 is 0. The van der Waals surface area contributed by atoms with Gasteiger partial charge in [-0.05, 0) is 49.2 Å². The number of hydrogen-bond acceptors (Lipinski definition) is 4. The van der Waals surface area contributed by atoms with Crippen LogP contribution in [-0.2, 0) is 9.59 Å². The third-order valence-corrected chi connectivity index (χ3v) is 5.90. The highest BCUT2D eigenvalue weighted by Gasteiger charge is 2.47. The molecule has 1 fully saturated rings. The summed E-state index contributed by atoms with van der Waals surface area (Å²) in [5.74, 6) is -1.50. The highest BCUT2D eigenvalue weighted by Crippen LogP contribution is 2.43. The number of ketones is 1. The first kappa shape index (κ1) is 21.4. The van der Waals surface area contributed by atoms with Crippen molar-refractivity contribution >= 4 is 28.8 Å². The number of nitrogens with zero attached hydrogens (tertiary/aromatic N) is 2. The Morgan fingerprint density at radius 1 is 0.875 bits per heavy atom. The summed E-state index contributed by atoms with van der Waals surface area (Å²) in [7, 11) is 3.88. The van der Waals surface area contributed by atoms with Crippen molar-refractivity contribution < 1.29 is 14.7 Å². The topological polar surface area (TPSA) is 60.9 Å². The van der Waals surface area contributed by atoms with Gasteiger partial charge in [0.25, 0.3) is 11.7 Å². The zero-order valence-corrected chi connectivity index (χ0v) is 18.7. The molecular formula is C27H26N2O3. The van der Waals surface area contributed by atoms with Crippen LogP contribution in [0, 0.1) is 13.8 Å². The first-order valence-electron chi connectivity index (χ1n) is 10.5. The van der Waals surface area contributed by atoms with E-state index in [2.05, 4.69) is 0 Å². The quantitative estimate of drug-likeness (QED) is 0.363. The van der Waals surface area contributed by atoms with E-state index < -0.39 is 17.7 Å². The van der Waals surface area contributed by atoms with E-state index in [1.807, 2.05) is 93.5 Å². The molecule has 0 bridgehead atoms. The van der Waals surface area contributed by atoms with Gasteiger partial charge < -0.3 is 10.0 Å². The standard InChI is InChI=1S/C27H26N2O3/c1-17-9-11-19(12-10-17)25(30)23-24(22-8-6-5-7-18(22)2)29(27(32)26(23)31)21-15-13-20(14-16-21)28(3)4/h5-16,24,30H,1-4H3/b25-23+. The molecule has 162 valence electrons. The zero-order chi connectivity index (χ0) is 23.0. The Balaban J connectivity index is 1.93. The molecule has 1 atom stereocenters. The first-order chi connectivity index (χ1) is 15.3. The molecule has 32 heavy (non-hydrogen) atoms. The lowest BCUT2D eigenvalue weighted by Gasteiger charge is -2.27. The average Bonchev–Trinajstić information content (AvgIpc) is 3.04. The number of carbonyl (C=O) groups is 2. The van der Waals surface area contributed by atoms with Crippen LogP contribution >= 0.6 is 0 Å². The Morgan fingerprint density at radius 3 is 2.09 bits per heavy atom. The molecule has 0 aromatic heterocycles. The maximum atomic E-state index is 13.2. The predicted molar refractivity (Wildman–Crippen MR) is 128 cm³/mol. The van der Waals surface area contributed by atoms with Gasteiger partial charge in [-0.2, -0.15) is 0 Å². The summed E-state index contributed by atoms with van der Waals surface area (Å²) in [5, 5.41) is 11.2. The minimum absolute atomic E-state index is 0.102. The fourth-order valence-corrected chi connectivity index (χ4v) is 4.06. The fourth-order valence-electron chi connectivity index (χ4n) is 4.06. The van der Waals surface area contributed by atoms with Crippen LogP contribution in [0.1, 0.15) is 28.3 Å². The predicted octanol–water partition coefficient (Wildman–Crippen LogP) is 5.00. The van der Waals surface area contributed by atoms with Gasteiger partial charge in [-0.15, -0.1) is 0 Å². The average molecular weight is 427 g/mol. The van der Waals surface area contributed by atoms with Crippen LogP contribution in [0.25, 0.3) is 5.76 Å². The highest BCUT2D eigenvalue weighted by molar-refractivity contribution is 6.51. The van der Waals surface area contributed by atoms with E-state index in [9.17, 15) is 14.7 Å². The number of aryl methyl sites for hydroxylation is 2. The van der Waals surface area contributed by atoms with Crippen molar-refractivity contribution in [1.29, 1.82) is 0 Å². The van der Waals surface area contributed by atoms with Crippen LogP contribution in [0.4, 0.5) is 11.4 Å². The molecule has 1 saturated heterocycles. The molecule has 4 rings (SSSR count). The zero-order valence-electron chi connectivity index (χ0n) is 18.7. The normalized spacial score (nSPS) is 17.6. The molecule has 3 aromatic rings. The van der Waals surface area contributed by atoms with Gasteiger partial charge >= 0.3 is 0 Å². The molecule has 1 N–H and O–H groups in total. The molecule has 0 spiro atoms. The van der Waals surface area contributed by atoms with Crippen LogP contribution in [0.3, 0.4) is 0 Å². The van der Waals surface area contributed by atoms with Crippen molar-refractivity contribution in [3.8, 4) is 0 Å². The number of anilines is 2. The van der Waals surface area contributed by atoms with E-state index >= 15 is 0 Å². The maximum absolute atomic E-state index is 13.2. The van der Waals surface area contributed by atoms with Gasteiger partial charge in [0.05, 0.1) is 11.6 Å². The second-order valence-electron chi connectivity index (χ2n) is 8.30. The van der Waals surface area contributed by atoms with E-state index in [-0.39, 0.29) is 11.3 Å². The smallest absolute Gasteiger partial charge is 0.300 e. The molecule has 5 heteroatoms. The highest BCUT2D eigenvalue weighted by atomic mass is 16.3. The third-order valence-electron chi connectivity index (χ3n) is 5.90. The Morgan fingerprint density at radius 2 is 1.50 bits per heavy atom. The minimum Gasteiger partial charge on any atom is -0.507 e. The second-order valence-corrected chi connectivity index (χ2v) is 8.30. The first-order valence-corrected chi connectivity index (χ1v) is 10.5. The maximum Gasteiger partial charge on any atom is 0.300 e. The molecular weight excluding hydrogens is 400 g/mol. The SMILES string of the molecule is Cc1ccc(/C(O)=C2\C(=O)C(=O)N(c3ccc(N(C)C)cc3)C2c2ccccc2C)cc1. The van der Waals surface area contributed by atoms with Gasteiger partial charge in [0.2, 0.25) is 0 Å². The summed E-state index contributed by atoms with van der Waals surface area (Å²) in [6.07, 6.45) is 0. The van der Waals surface area contributed by atoms with Crippen LogP contribution < -0.4 is 9.80 Å². The number of hydrogen-bond donors (Lipinski definition) is 1. The van der Waals surface area contributed by atoms with Crippen LogP contribution in [0.15, 0.2) is 78.4 Å². The van der Waals surface area contributed by atoms with Gasteiger partial charge in [-0.3, -0.25) is 14.5 Å². The number of aliphatic hydroxyl groups is 1. The Hall–Kier alpha value is -3.86. The summed E-state index contributed by atoms with van der Waals surface area (Å²) in [6, 6.07) is 21.6. The lowest BCUT2D eigenvalue weighted by atomic mass is 9.92. The van der Waals surface area contributed by atoms with Crippen molar-refractivity contribution in [1.82, 2.24) is 0 Å². The molecule has 3 aromatic carbocycles. The molecule has 1 unspecified atom stereocenters. The third kappa shape index (κ3) is 3.66. The van der Waals surface area contributed by atoms with Gasteiger partial charge in [0, 0.05) is 31.0 Å². The van der Waals surface area contributed by atoms with Crippen molar-refractivity contribution in [3.63, 3.8) is 0 Å². The molecule has 0 radical (unpaired) electrons. The summed E-state index contributed by atoms with van der Waals surface area (Å²) in [6.45, 7) is 3.89. The van der Waals surface area contributed by atoms with Crippen molar-refractivity contribution in [2.45, 2.75) is 19.9 Å². The molecule has 1 aliphatic rings. The van der Waals surface area contributed by atoms with Crippen LogP contribution in [0.5, 0.6) is 0 Å². The van der Waals surface area contributed by atoms with E-state index in [0.29, 0.717) is 11.3 Å². The number of carbonyl (C=O) groups excluding carboxylic acids is 2. The Labute approximate surface area is 188 Å². The monoisotopic (exact) mass is 426 g/mol. The number of rotatable bonds is 4. The molecule has 1 amide bonds. The molecule has 0 aliphatic carbocycles. The number of amides is 1. The lowest BCUT2D eigenvalue weighted by molar-refractivity contribution is -0.132. The Bertz CT molecular complexity index is 1210. The van der Waals surface area contributed by atoms with Crippen molar-refractivity contribution in [2.24, 2.45) is 0 Å². The van der Waals surface area contributed by atoms with E-state index in [1.54, 1.807) is 12.1 Å². The second kappa shape index (κ2) is 8.35. The fraction of sp³-hybridized carbons (Fsp3) is 0.185. The summed E-state index contributed by atoms with van der Waals surface area (Å²) in [5.41, 5.74) is 4.98. The lowest BCUT2D eigenvalue weighted by Crippen LogP contribution is -2.29. The van der Waals surface area contributed by atoms with E-state index in [0.717, 1.165) is 22.4 Å². The largest absolute Gasteiger partial charge is 0.507 e. The number of aliphatic hydroxyl groups excluding tert-OH is 1. The number of Topliss-reactive ketones (excluding diaryl/α,β-unsaturated/α-hetero) is 1. The van der Waals surface area contributed by atoms with E-state index in [1.165, 1.54) is 4.90 Å². The molecule has 1 heterocycles. The molecule has 0 saturated carbocycles. The van der Waals surface area contributed by atoms with Crippen molar-refractivity contribution in [2.75, 3.05) is 23.9 Å². The molecule has 1 aliphatic heterocycles. The van der Waals surface area contributed by atoms with Gasteiger partial charge in [0.1, 0.15) is 5.76 Å². The Kier molecular flexibility index (Phi) is 5.57. The number of benzene rings is 3. The molecule has 5 nitrogen and oxygen atoms in total.